The van der Waals surface area contributed by atoms with Crippen LogP contribution in [-0.4, -0.2) is 43.7 Å². The molecule has 2 aromatic carbocycles. The van der Waals surface area contributed by atoms with Crippen molar-refractivity contribution >= 4 is 44.5 Å². The monoisotopic (exact) mass is 464 g/mol. The Morgan fingerprint density at radius 2 is 1.71 bits per heavy atom. The zero-order chi connectivity index (χ0) is 23.0. The highest BCUT2D eigenvalue weighted by Gasteiger charge is 2.30. The topological polar surface area (TPSA) is 83.6 Å². The number of benzene rings is 2. The Balaban J connectivity index is 1.90. The lowest BCUT2D eigenvalue weighted by Crippen LogP contribution is -2.28. The van der Waals surface area contributed by atoms with Gasteiger partial charge in [0, 0.05) is 36.4 Å². The fraction of sp³-hybridized carbons (Fsp3) is 0.391. The van der Waals surface area contributed by atoms with E-state index in [1.165, 1.54) is 12.1 Å². The van der Waals surface area contributed by atoms with Gasteiger partial charge < -0.3 is 10.2 Å². The summed E-state index contributed by atoms with van der Waals surface area (Å²) in [5, 5.41) is 2.82. The van der Waals surface area contributed by atoms with Crippen molar-refractivity contribution in [2.24, 2.45) is 0 Å². The lowest BCUT2D eigenvalue weighted by Gasteiger charge is -2.22. The van der Waals surface area contributed by atoms with E-state index >= 15 is 0 Å². The van der Waals surface area contributed by atoms with E-state index in [1.807, 2.05) is 25.1 Å². The Morgan fingerprint density at radius 1 is 1.06 bits per heavy atom. The average molecular weight is 465 g/mol. The molecule has 6 nitrogen and oxygen atoms in total. The number of carbonyl (C=O) groups is 2. The Kier molecular flexibility index (Phi) is 9.07. The van der Waals surface area contributed by atoms with Crippen molar-refractivity contribution in [3.05, 3.63) is 59.7 Å². The number of rotatable bonds is 11. The summed E-state index contributed by atoms with van der Waals surface area (Å²) in [6.07, 6.45) is 0.0929. The van der Waals surface area contributed by atoms with Crippen LogP contribution in [0.1, 0.15) is 42.6 Å². The van der Waals surface area contributed by atoms with Gasteiger partial charge in [-0.25, -0.2) is 8.42 Å². The number of sulfone groups is 1. The standard InChI is InChI=1S/C23H29ClN2O4S/c1-4-26(5-2)19-13-14-20(17(3)16-19)25-21(27)12-9-15-31(29,30)23(24)22(28)18-10-7-6-8-11-18/h6-8,10-11,13-14,16,23H,4-5,9,12,15H2,1-3H3,(H,25,27). The first-order chi connectivity index (χ1) is 14.7. The zero-order valence-electron chi connectivity index (χ0n) is 18.1. The molecule has 1 N–H and O–H groups in total. The molecule has 0 aliphatic rings. The van der Waals surface area contributed by atoms with Gasteiger partial charge in [0.25, 0.3) is 0 Å². The molecule has 0 aromatic heterocycles. The highest BCUT2D eigenvalue weighted by Crippen LogP contribution is 2.23. The van der Waals surface area contributed by atoms with Crippen LogP contribution < -0.4 is 10.2 Å². The number of Topliss-reactive ketones (excluding diaryl/α,β-unsaturated/α-hetero) is 1. The van der Waals surface area contributed by atoms with Gasteiger partial charge >= 0.3 is 0 Å². The van der Waals surface area contributed by atoms with Crippen LogP contribution in [0, 0.1) is 6.92 Å². The second-order valence-electron chi connectivity index (χ2n) is 7.24. The van der Waals surface area contributed by atoms with E-state index < -0.39 is 20.3 Å². The summed E-state index contributed by atoms with van der Waals surface area (Å²) in [5.74, 6) is -1.28. The predicted molar refractivity (Wildman–Crippen MR) is 127 cm³/mol. The normalized spacial score (nSPS) is 12.3. The van der Waals surface area contributed by atoms with Gasteiger partial charge in [-0.2, -0.15) is 0 Å². The molecule has 1 atom stereocenters. The molecular weight excluding hydrogens is 436 g/mol. The second kappa shape index (κ2) is 11.3. The summed E-state index contributed by atoms with van der Waals surface area (Å²) < 4.78 is 23.2. The van der Waals surface area contributed by atoms with Gasteiger partial charge in [-0.15, -0.1) is 0 Å². The van der Waals surface area contributed by atoms with E-state index in [0.717, 1.165) is 24.3 Å². The van der Waals surface area contributed by atoms with E-state index in [1.54, 1.807) is 18.2 Å². The molecular formula is C23H29ClN2O4S. The van der Waals surface area contributed by atoms with Crippen molar-refractivity contribution in [3.63, 3.8) is 0 Å². The number of nitrogens with one attached hydrogen (secondary N) is 1. The first-order valence-corrected chi connectivity index (χ1v) is 12.4. The van der Waals surface area contributed by atoms with E-state index in [2.05, 4.69) is 24.1 Å². The van der Waals surface area contributed by atoms with Crippen molar-refractivity contribution in [3.8, 4) is 0 Å². The highest BCUT2D eigenvalue weighted by molar-refractivity contribution is 7.94. The van der Waals surface area contributed by atoms with Crippen molar-refractivity contribution in [1.29, 1.82) is 0 Å². The summed E-state index contributed by atoms with van der Waals surface area (Å²) in [5.41, 5.74) is 2.95. The Hall–Kier alpha value is -2.38. The van der Waals surface area contributed by atoms with Crippen LogP contribution in [0.2, 0.25) is 0 Å². The van der Waals surface area contributed by atoms with Crippen LogP contribution in [0.3, 0.4) is 0 Å². The van der Waals surface area contributed by atoms with Gasteiger partial charge in [0.1, 0.15) is 0 Å². The van der Waals surface area contributed by atoms with Crippen molar-refractivity contribution in [2.75, 3.05) is 29.1 Å². The van der Waals surface area contributed by atoms with Gasteiger partial charge in [-0.1, -0.05) is 41.9 Å². The molecule has 1 amide bonds. The van der Waals surface area contributed by atoms with E-state index in [4.69, 9.17) is 11.6 Å². The summed E-state index contributed by atoms with van der Waals surface area (Å²) in [6, 6.07) is 13.9. The van der Waals surface area contributed by atoms with Gasteiger partial charge in [-0.3, -0.25) is 9.59 Å². The average Bonchev–Trinajstić information content (AvgIpc) is 2.75. The maximum Gasteiger partial charge on any atom is 0.224 e. The molecule has 2 rings (SSSR count). The maximum atomic E-state index is 12.4. The molecule has 0 saturated carbocycles. The number of hydrogen-bond donors (Lipinski definition) is 1. The Labute approximate surface area is 189 Å². The van der Waals surface area contributed by atoms with Crippen LogP contribution in [-0.2, 0) is 14.6 Å². The van der Waals surface area contributed by atoms with Gasteiger partial charge in [0.05, 0.1) is 5.75 Å². The minimum absolute atomic E-state index is 0.0135. The third-order valence-corrected chi connectivity index (χ3v) is 7.74. The number of alkyl halides is 1. The Morgan fingerprint density at radius 3 is 2.29 bits per heavy atom. The number of ketones is 1. The molecule has 0 radical (unpaired) electrons. The fourth-order valence-corrected chi connectivity index (χ4v) is 4.83. The minimum atomic E-state index is -3.88. The number of hydrogen-bond acceptors (Lipinski definition) is 5. The molecule has 0 bridgehead atoms. The van der Waals surface area contributed by atoms with Gasteiger partial charge in [0.2, 0.25) is 5.91 Å². The first-order valence-electron chi connectivity index (χ1n) is 10.3. The molecule has 0 heterocycles. The molecule has 8 heteroatoms. The predicted octanol–water partition coefficient (Wildman–Crippen LogP) is 4.42. The molecule has 2 aromatic rings. The summed E-state index contributed by atoms with van der Waals surface area (Å²) in [6.45, 7) is 7.87. The first kappa shape index (κ1) is 24.9. The van der Waals surface area contributed by atoms with Crippen molar-refractivity contribution < 1.29 is 18.0 Å². The maximum absolute atomic E-state index is 12.4. The number of aryl methyl sites for hydroxylation is 1. The summed E-state index contributed by atoms with van der Waals surface area (Å²) in [4.78, 5) is 26.8. The van der Waals surface area contributed by atoms with Gasteiger partial charge in [-0.05, 0) is 51.0 Å². The molecule has 168 valence electrons. The van der Waals surface area contributed by atoms with Gasteiger partial charge in [0.15, 0.2) is 20.3 Å². The number of anilines is 2. The lowest BCUT2D eigenvalue weighted by molar-refractivity contribution is -0.116. The van der Waals surface area contributed by atoms with Crippen LogP contribution >= 0.6 is 11.6 Å². The molecule has 0 aliphatic heterocycles. The van der Waals surface area contributed by atoms with Crippen LogP contribution in [0.5, 0.6) is 0 Å². The Bertz CT molecular complexity index is 1010. The van der Waals surface area contributed by atoms with E-state index in [0.29, 0.717) is 5.69 Å². The van der Waals surface area contributed by atoms with Crippen molar-refractivity contribution in [1.82, 2.24) is 0 Å². The number of amides is 1. The molecule has 0 fully saturated rings. The summed E-state index contributed by atoms with van der Waals surface area (Å²) >= 11 is 5.95. The SMILES string of the molecule is CCN(CC)c1ccc(NC(=O)CCCS(=O)(=O)C(Cl)C(=O)c2ccccc2)c(C)c1. The zero-order valence-corrected chi connectivity index (χ0v) is 19.7. The third-order valence-electron chi connectivity index (χ3n) is 5.03. The number of nitrogens with zero attached hydrogens (tertiary/aromatic N) is 1. The number of carbonyl (C=O) groups excluding carboxylic acids is 2. The van der Waals surface area contributed by atoms with E-state index in [-0.39, 0.29) is 30.1 Å². The van der Waals surface area contributed by atoms with Crippen LogP contribution in [0.4, 0.5) is 11.4 Å². The minimum Gasteiger partial charge on any atom is -0.372 e. The molecule has 1 unspecified atom stereocenters. The second-order valence-corrected chi connectivity index (χ2v) is 10.1. The lowest BCUT2D eigenvalue weighted by atomic mass is 10.1. The van der Waals surface area contributed by atoms with Crippen LogP contribution in [0.15, 0.2) is 48.5 Å². The smallest absolute Gasteiger partial charge is 0.224 e. The molecule has 0 spiro atoms. The highest BCUT2D eigenvalue weighted by atomic mass is 35.5. The third kappa shape index (κ3) is 6.80. The largest absolute Gasteiger partial charge is 0.372 e. The van der Waals surface area contributed by atoms with Crippen molar-refractivity contribution in [2.45, 2.75) is 38.3 Å². The van der Waals surface area contributed by atoms with Crippen LogP contribution in [0.25, 0.3) is 0 Å². The summed E-state index contributed by atoms with van der Waals surface area (Å²) in [7, 11) is -3.88. The quantitative estimate of drug-likeness (QED) is 0.393. The number of halogens is 1. The fourth-order valence-electron chi connectivity index (χ4n) is 3.22. The molecule has 0 saturated heterocycles. The van der Waals surface area contributed by atoms with E-state index in [9.17, 15) is 18.0 Å². The molecule has 31 heavy (non-hydrogen) atoms. The molecule has 0 aliphatic carbocycles.